The average molecular weight is 271 g/mol. The number of hydrogen-bond donors (Lipinski definition) is 2. The number of aliphatic hydroxyl groups is 2. The van der Waals surface area contributed by atoms with Crippen molar-refractivity contribution >= 4 is 11.6 Å². The van der Waals surface area contributed by atoms with E-state index < -0.39 is 18.3 Å². The topological polar surface area (TPSA) is 58.9 Å². The van der Waals surface area contributed by atoms with Crippen LogP contribution in [0.4, 0.5) is 0 Å². The summed E-state index contributed by atoms with van der Waals surface area (Å²) in [5.74, 6) is 1.27. The standard InChI is InChI=1S/C13H15ClO4/c1-17-8-2-4-9(5-3-8)18-13-10(14)6-7-11(15)12(13)16/h2-6,11-13,15-16H,7H2,1H3/t11-,12+,13-/m1/s1. The van der Waals surface area contributed by atoms with Gasteiger partial charge >= 0.3 is 0 Å². The number of ether oxygens (including phenoxy) is 2. The molecule has 0 bridgehead atoms. The SMILES string of the molecule is COc1ccc(O[C@@H]2C(Cl)=CC[C@@H](O)[C@@H]2O)cc1. The van der Waals surface area contributed by atoms with Crippen molar-refractivity contribution in [3.63, 3.8) is 0 Å². The molecule has 0 unspecified atom stereocenters. The molecule has 4 nitrogen and oxygen atoms in total. The van der Waals surface area contributed by atoms with Gasteiger partial charge in [0.15, 0.2) is 6.10 Å². The Kier molecular flexibility index (Phi) is 4.11. The molecule has 2 rings (SSSR count). The second-order valence-corrected chi connectivity index (χ2v) is 4.53. The molecular weight excluding hydrogens is 256 g/mol. The predicted molar refractivity (Wildman–Crippen MR) is 68.0 cm³/mol. The fraction of sp³-hybridized carbons (Fsp3) is 0.385. The van der Waals surface area contributed by atoms with Crippen LogP contribution in [0, 0.1) is 0 Å². The van der Waals surface area contributed by atoms with Crippen LogP contribution < -0.4 is 9.47 Å². The van der Waals surface area contributed by atoms with E-state index in [2.05, 4.69) is 0 Å². The first-order valence-corrected chi connectivity index (χ1v) is 6.02. The van der Waals surface area contributed by atoms with Gasteiger partial charge in [0.2, 0.25) is 0 Å². The zero-order valence-corrected chi connectivity index (χ0v) is 10.7. The zero-order chi connectivity index (χ0) is 13.1. The Balaban J connectivity index is 2.11. The number of hydrogen-bond acceptors (Lipinski definition) is 4. The van der Waals surface area contributed by atoms with Crippen LogP contribution in [0.15, 0.2) is 35.4 Å². The normalized spacial score (nSPS) is 27.6. The molecule has 1 aromatic carbocycles. The van der Waals surface area contributed by atoms with Gasteiger partial charge in [0.25, 0.3) is 0 Å². The highest BCUT2D eigenvalue weighted by Gasteiger charge is 2.33. The monoisotopic (exact) mass is 270 g/mol. The summed E-state index contributed by atoms with van der Waals surface area (Å²) in [7, 11) is 1.58. The number of methoxy groups -OCH3 is 1. The lowest BCUT2D eigenvalue weighted by atomic mass is 9.98. The molecule has 0 amide bonds. The van der Waals surface area contributed by atoms with E-state index in [1.165, 1.54) is 0 Å². The number of benzene rings is 1. The van der Waals surface area contributed by atoms with Crippen LogP contribution in [0.5, 0.6) is 11.5 Å². The largest absolute Gasteiger partial charge is 0.497 e. The van der Waals surface area contributed by atoms with Gasteiger partial charge in [-0.05, 0) is 30.7 Å². The molecule has 0 aromatic heterocycles. The molecule has 98 valence electrons. The highest BCUT2D eigenvalue weighted by molar-refractivity contribution is 6.30. The molecule has 1 aromatic rings. The summed E-state index contributed by atoms with van der Waals surface area (Å²) in [5, 5.41) is 19.8. The van der Waals surface area contributed by atoms with Crippen LogP contribution in [0.3, 0.4) is 0 Å². The quantitative estimate of drug-likeness (QED) is 0.878. The van der Waals surface area contributed by atoms with Gasteiger partial charge in [-0.3, -0.25) is 0 Å². The van der Waals surface area contributed by atoms with Crippen molar-refractivity contribution in [2.24, 2.45) is 0 Å². The Hall–Kier alpha value is -1.23. The van der Waals surface area contributed by atoms with Crippen LogP contribution in [0.1, 0.15) is 6.42 Å². The maximum atomic E-state index is 9.84. The maximum Gasteiger partial charge on any atom is 0.162 e. The molecule has 1 aliphatic rings. The van der Waals surface area contributed by atoms with E-state index in [-0.39, 0.29) is 0 Å². The molecule has 0 fully saturated rings. The second-order valence-electron chi connectivity index (χ2n) is 4.10. The minimum atomic E-state index is -1.02. The van der Waals surface area contributed by atoms with Gasteiger partial charge in [-0.1, -0.05) is 17.7 Å². The lowest BCUT2D eigenvalue weighted by Gasteiger charge is -2.30. The molecule has 0 radical (unpaired) electrons. The third kappa shape index (κ3) is 2.77. The van der Waals surface area contributed by atoms with E-state index in [0.717, 1.165) is 0 Å². The van der Waals surface area contributed by atoms with Crippen LogP contribution in [0.2, 0.25) is 0 Å². The Morgan fingerprint density at radius 1 is 1.17 bits per heavy atom. The molecule has 0 saturated heterocycles. The first-order valence-electron chi connectivity index (χ1n) is 5.64. The van der Waals surface area contributed by atoms with E-state index >= 15 is 0 Å². The molecule has 2 N–H and O–H groups in total. The fourth-order valence-electron chi connectivity index (χ4n) is 1.78. The Morgan fingerprint density at radius 3 is 2.39 bits per heavy atom. The Labute approximate surface area is 110 Å². The summed E-state index contributed by atoms with van der Waals surface area (Å²) in [6, 6.07) is 6.94. The molecule has 0 saturated carbocycles. The van der Waals surface area contributed by atoms with E-state index in [0.29, 0.717) is 23.0 Å². The Bertz CT molecular complexity index is 429. The molecule has 3 atom stereocenters. The first kappa shape index (κ1) is 13.2. The molecule has 0 spiro atoms. The Morgan fingerprint density at radius 2 is 1.78 bits per heavy atom. The highest BCUT2D eigenvalue weighted by atomic mass is 35.5. The van der Waals surface area contributed by atoms with Crippen molar-refractivity contribution in [2.75, 3.05) is 7.11 Å². The third-order valence-electron chi connectivity index (χ3n) is 2.85. The number of rotatable bonds is 3. The minimum Gasteiger partial charge on any atom is -0.497 e. The van der Waals surface area contributed by atoms with Gasteiger partial charge in [0.1, 0.15) is 17.6 Å². The van der Waals surface area contributed by atoms with Gasteiger partial charge in [-0.2, -0.15) is 0 Å². The van der Waals surface area contributed by atoms with Crippen molar-refractivity contribution in [2.45, 2.75) is 24.7 Å². The summed E-state index contributed by atoms with van der Waals surface area (Å²) in [4.78, 5) is 0. The molecule has 0 heterocycles. The summed E-state index contributed by atoms with van der Waals surface area (Å²) in [6.07, 6.45) is -0.612. The van der Waals surface area contributed by atoms with Crippen LogP contribution in [0.25, 0.3) is 0 Å². The number of halogens is 1. The van der Waals surface area contributed by atoms with Crippen molar-refractivity contribution in [1.29, 1.82) is 0 Å². The van der Waals surface area contributed by atoms with Crippen LogP contribution in [-0.2, 0) is 0 Å². The maximum absolute atomic E-state index is 9.84. The number of aliphatic hydroxyl groups excluding tert-OH is 2. The summed E-state index contributed by atoms with van der Waals surface area (Å²) < 4.78 is 10.6. The van der Waals surface area contributed by atoms with Gasteiger partial charge < -0.3 is 19.7 Å². The van der Waals surface area contributed by atoms with Gasteiger partial charge in [-0.25, -0.2) is 0 Å². The lowest BCUT2D eigenvalue weighted by Crippen LogP contribution is -2.43. The van der Waals surface area contributed by atoms with Gasteiger partial charge in [-0.15, -0.1) is 0 Å². The fourth-order valence-corrected chi connectivity index (χ4v) is 2.04. The predicted octanol–water partition coefficient (Wildman–Crippen LogP) is 1.69. The van der Waals surface area contributed by atoms with Crippen LogP contribution in [-0.4, -0.2) is 35.6 Å². The van der Waals surface area contributed by atoms with E-state index in [1.807, 2.05) is 0 Å². The van der Waals surface area contributed by atoms with Gasteiger partial charge in [0, 0.05) is 0 Å². The van der Waals surface area contributed by atoms with Crippen molar-refractivity contribution < 1.29 is 19.7 Å². The minimum absolute atomic E-state index is 0.336. The lowest BCUT2D eigenvalue weighted by molar-refractivity contribution is -0.0384. The first-order chi connectivity index (χ1) is 8.61. The highest BCUT2D eigenvalue weighted by Crippen LogP contribution is 2.28. The van der Waals surface area contributed by atoms with Crippen molar-refractivity contribution in [1.82, 2.24) is 0 Å². The third-order valence-corrected chi connectivity index (χ3v) is 3.22. The zero-order valence-electron chi connectivity index (χ0n) is 9.91. The average Bonchev–Trinajstić information content (AvgIpc) is 2.40. The van der Waals surface area contributed by atoms with E-state index in [9.17, 15) is 10.2 Å². The smallest absolute Gasteiger partial charge is 0.162 e. The van der Waals surface area contributed by atoms with E-state index in [4.69, 9.17) is 21.1 Å². The van der Waals surface area contributed by atoms with E-state index in [1.54, 1.807) is 37.5 Å². The van der Waals surface area contributed by atoms with Crippen molar-refractivity contribution in [3.8, 4) is 11.5 Å². The van der Waals surface area contributed by atoms with Gasteiger partial charge in [0.05, 0.1) is 18.2 Å². The molecule has 5 heteroatoms. The summed E-state index contributed by atoms with van der Waals surface area (Å²) in [5.41, 5.74) is 0. The molecule has 1 aliphatic carbocycles. The molecule has 18 heavy (non-hydrogen) atoms. The second kappa shape index (κ2) is 5.61. The summed E-state index contributed by atoms with van der Waals surface area (Å²) in [6.45, 7) is 0. The molecule has 0 aliphatic heterocycles. The molecular formula is C13H15ClO4. The summed E-state index contributed by atoms with van der Waals surface area (Å²) >= 11 is 5.99. The van der Waals surface area contributed by atoms with Crippen LogP contribution >= 0.6 is 11.6 Å². The van der Waals surface area contributed by atoms with Crippen molar-refractivity contribution in [3.05, 3.63) is 35.4 Å².